The van der Waals surface area contributed by atoms with Crippen LogP contribution < -0.4 is 0 Å². The van der Waals surface area contributed by atoms with E-state index >= 15 is 0 Å². The van der Waals surface area contributed by atoms with Crippen LogP contribution in [0.2, 0.25) is 0 Å². The molecule has 0 bridgehead atoms. The van der Waals surface area contributed by atoms with E-state index in [1.807, 2.05) is 0 Å². The molecule has 0 aliphatic heterocycles. The van der Waals surface area contributed by atoms with Crippen LogP contribution in [0.4, 0.5) is 13.2 Å². The minimum atomic E-state index is -4.41. The second kappa shape index (κ2) is 4.89. The van der Waals surface area contributed by atoms with E-state index in [0.717, 1.165) is 12.1 Å². The third-order valence-electron chi connectivity index (χ3n) is 2.23. The minimum Gasteiger partial charge on any atom is -0.285 e. The van der Waals surface area contributed by atoms with Gasteiger partial charge in [-0.2, -0.15) is 13.2 Å². The zero-order chi connectivity index (χ0) is 13.3. The van der Waals surface area contributed by atoms with E-state index in [1.165, 1.54) is 17.0 Å². The Balaban J connectivity index is 2.56. The fourth-order valence-corrected chi connectivity index (χ4v) is 2.11. The summed E-state index contributed by atoms with van der Waals surface area (Å²) >= 11 is 8.69. The average molecular weight is 341 g/mol. The van der Waals surface area contributed by atoms with Gasteiger partial charge in [0, 0.05) is 4.47 Å². The molecule has 0 atom stereocenters. The molecule has 96 valence electrons. The van der Waals surface area contributed by atoms with Gasteiger partial charge < -0.3 is 0 Å². The van der Waals surface area contributed by atoms with Crippen molar-refractivity contribution in [1.82, 2.24) is 14.8 Å². The van der Waals surface area contributed by atoms with Gasteiger partial charge in [-0.3, -0.25) is 4.57 Å². The molecule has 1 aromatic heterocycles. The third-order valence-corrected chi connectivity index (χ3v) is 2.92. The highest BCUT2D eigenvalue weighted by atomic mass is 79.9. The maximum Gasteiger partial charge on any atom is 0.416 e. The van der Waals surface area contributed by atoms with Crippen molar-refractivity contribution in [3.8, 4) is 5.69 Å². The first-order valence-corrected chi connectivity index (χ1v) is 6.07. The maximum atomic E-state index is 12.7. The lowest BCUT2D eigenvalue weighted by atomic mass is 10.2. The summed E-state index contributed by atoms with van der Waals surface area (Å²) in [4.78, 5) is 0. The van der Waals surface area contributed by atoms with Crippen LogP contribution in [0.25, 0.3) is 5.69 Å². The van der Waals surface area contributed by atoms with E-state index in [1.54, 1.807) is 0 Å². The number of hydrogen-bond acceptors (Lipinski definition) is 2. The number of benzene rings is 1. The molecule has 0 saturated carbocycles. The first-order valence-electron chi connectivity index (χ1n) is 4.75. The molecule has 0 aliphatic rings. The zero-order valence-electron chi connectivity index (χ0n) is 8.75. The lowest BCUT2D eigenvalue weighted by Crippen LogP contribution is -2.07. The summed E-state index contributed by atoms with van der Waals surface area (Å²) < 4.78 is 39.8. The van der Waals surface area contributed by atoms with Crippen molar-refractivity contribution in [2.24, 2.45) is 0 Å². The number of rotatable bonds is 2. The van der Waals surface area contributed by atoms with Crippen LogP contribution in [0.5, 0.6) is 0 Å². The van der Waals surface area contributed by atoms with E-state index in [-0.39, 0.29) is 5.88 Å². The van der Waals surface area contributed by atoms with E-state index in [2.05, 4.69) is 26.1 Å². The van der Waals surface area contributed by atoms with Crippen molar-refractivity contribution in [2.75, 3.05) is 0 Å². The Morgan fingerprint density at radius 3 is 2.61 bits per heavy atom. The summed E-state index contributed by atoms with van der Waals surface area (Å²) in [5.74, 6) is 0.441. The van der Waals surface area contributed by atoms with Gasteiger partial charge in [0.25, 0.3) is 0 Å². The first-order chi connectivity index (χ1) is 8.41. The van der Waals surface area contributed by atoms with E-state index in [9.17, 15) is 13.2 Å². The molecular formula is C10H6BrClF3N3. The van der Waals surface area contributed by atoms with Crippen molar-refractivity contribution in [2.45, 2.75) is 12.1 Å². The van der Waals surface area contributed by atoms with E-state index < -0.39 is 11.7 Å². The van der Waals surface area contributed by atoms with Gasteiger partial charge in [0.15, 0.2) is 5.82 Å². The molecule has 1 heterocycles. The third kappa shape index (κ3) is 2.67. The Bertz CT molecular complexity index is 568. The lowest BCUT2D eigenvalue weighted by Gasteiger charge is -2.11. The van der Waals surface area contributed by atoms with E-state index in [0.29, 0.717) is 16.0 Å². The van der Waals surface area contributed by atoms with Crippen molar-refractivity contribution >= 4 is 27.5 Å². The minimum absolute atomic E-state index is 0.0634. The van der Waals surface area contributed by atoms with Crippen molar-refractivity contribution < 1.29 is 13.2 Å². The molecular weight excluding hydrogens is 334 g/mol. The zero-order valence-corrected chi connectivity index (χ0v) is 11.1. The number of aromatic nitrogens is 3. The Morgan fingerprint density at radius 2 is 2.00 bits per heavy atom. The van der Waals surface area contributed by atoms with E-state index in [4.69, 9.17) is 11.6 Å². The van der Waals surface area contributed by atoms with Crippen LogP contribution in [0.1, 0.15) is 11.4 Å². The largest absolute Gasteiger partial charge is 0.416 e. The summed E-state index contributed by atoms with van der Waals surface area (Å²) in [6.45, 7) is 0. The average Bonchev–Trinajstić information content (AvgIpc) is 2.74. The molecule has 0 spiro atoms. The Kier molecular flexibility index (Phi) is 3.63. The smallest absolute Gasteiger partial charge is 0.285 e. The van der Waals surface area contributed by atoms with Gasteiger partial charge in [-0.15, -0.1) is 21.8 Å². The number of hydrogen-bond donors (Lipinski definition) is 0. The van der Waals surface area contributed by atoms with Crippen LogP contribution in [-0.4, -0.2) is 14.8 Å². The van der Waals surface area contributed by atoms with Gasteiger partial charge in [0.1, 0.15) is 6.33 Å². The van der Waals surface area contributed by atoms with Crippen molar-refractivity contribution in [3.05, 3.63) is 40.4 Å². The molecule has 8 heteroatoms. The van der Waals surface area contributed by atoms with Crippen LogP contribution >= 0.6 is 27.5 Å². The summed E-state index contributed by atoms with van der Waals surface area (Å²) in [5, 5.41) is 7.34. The monoisotopic (exact) mass is 339 g/mol. The summed E-state index contributed by atoms with van der Waals surface area (Å²) in [6, 6.07) is 3.56. The summed E-state index contributed by atoms with van der Waals surface area (Å²) in [7, 11) is 0. The predicted molar refractivity (Wildman–Crippen MR) is 63.6 cm³/mol. The van der Waals surface area contributed by atoms with Gasteiger partial charge in [0.05, 0.1) is 17.1 Å². The highest BCUT2D eigenvalue weighted by Gasteiger charge is 2.31. The molecule has 2 rings (SSSR count). The number of alkyl halides is 4. The molecule has 0 amide bonds. The van der Waals surface area contributed by atoms with Crippen LogP contribution in [-0.2, 0) is 12.1 Å². The first kappa shape index (κ1) is 13.4. The summed E-state index contributed by atoms with van der Waals surface area (Å²) in [6.07, 6.45) is -3.09. The van der Waals surface area contributed by atoms with Gasteiger partial charge in [0.2, 0.25) is 0 Å². The molecule has 0 unspecified atom stereocenters. The Labute approximate surface area is 114 Å². The fourth-order valence-electron chi connectivity index (χ4n) is 1.44. The van der Waals surface area contributed by atoms with Crippen molar-refractivity contribution in [1.29, 1.82) is 0 Å². The highest BCUT2D eigenvalue weighted by Crippen LogP contribution is 2.33. The quantitative estimate of drug-likeness (QED) is 0.779. The normalized spacial score (nSPS) is 11.8. The molecule has 18 heavy (non-hydrogen) atoms. The van der Waals surface area contributed by atoms with Gasteiger partial charge in [-0.05, 0) is 18.2 Å². The Morgan fingerprint density at radius 1 is 1.28 bits per heavy atom. The molecule has 0 aliphatic carbocycles. The van der Waals surface area contributed by atoms with Crippen LogP contribution in [0, 0.1) is 0 Å². The van der Waals surface area contributed by atoms with Crippen LogP contribution in [0.3, 0.4) is 0 Å². The molecule has 0 radical (unpaired) electrons. The summed E-state index contributed by atoms with van der Waals surface area (Å²) in [5.41, 5.74) is -0.446. The van der Waals surface area contributed by atoms with Crippen LogP contribution in [0.15, 0.2) is 29.0 Å². The maximum absolute atomic E-state index is 12.7. The SMILES string of the molecule is FC(F)(F)c1cc(Br)cc(-n2cnnc2CCl)c1. The second-order valence-electron chi connectivity index (χ2n) is 3.45. The molecule has 1 aromatic carbocycles. The predicted octanol–water partition coefficient (Wildman–Crippen LogP) is 3.79. The Hall–Kier alpha value is -1.08. The van der Waals surface area contributed by atoms with Gasteiger partial charge in [-0.25, -0.2) is 0 Å². The molecule has 0 saturated heterocycles. The van der Waals surface area contributed by atoms with Gasteiger partial charge >= 0.3 is 6.18 Å². The molecule has 2 aromatic rings. The lowest BCUT2D eigenvalue weighted by molar-refractivity contribution is -0.137. The highest BCUT2D eigenvalue weighted by molar-refractivity contribution is 9.10. The number of nitrogens with zero attached hydrogens (tertiary/aromatic N) is 3. The molecule has 0 N–H and O–H groups in total. The molecule has 3 nitrogen and oxygen atoms in total. The topological polar surface area (TPSA) is 30.7 Å². The second-order valence-corrected chi connectivity index (χ2v) is 4.63. The van der Waals surface area contributed by atoms with Gasteiger partial charge in [-0.1, -0.05) is 15.9 Å². The number of halogens is 5. The standard InChI is InChI=1S/C10H6BrClF3N3/c11-7-1-6(10(13,14)15)2-8(3-7)18-5-16-17-9(18)4-12/h1-3,5H,4H2. The fraction of sp³-hybridized carbons (Fsp3) is 0.200. The van der Waals surface area contributed by atoms with Crippen molar-refractivity contribution in [3.63, 3.8) is 0 Å². The molecule has 0 fully saturated rings.